The van der Waals surface area contributed by atoms with E-state index >= 15 is 0 Å². The second kappa shape index (κ2) is 5.82. The summed E-state index contributed by atoms with van der Waals surface area (Å²) in [6.45, 7) is 0. The minimum Gasteiger partial charge on any atom is -0.385 e. The lowest BCUT2D eigenvalue weighted by Crippen LogP contribution is -2.35. The van der Waals surface area contributed by atoms with Crippen molar-refractivity contribution in [2.75, 3.05) is 14.2 Å². The van der Waals surface area contributed by atoms with E-state index < -0.39 is 18.5 Å². The SMILES string of the molecule is COC(OC)[C@H](O)[C@H](O)c1ccccc1. The van der Waals surface area contributed by atoms with Crippen molar-refractivity contribution in [3.05, 3.63) is 35.9 Å². The Morgan fingerprint density at radius 2 is 1.53 bits per heavy atom. The van der Waals surface area contributed by atoms with Gasteiger partial charge in [0.05, 0.1) is 0 Å². The molecule has 84 valence electrons. The van der Waals surface area contributed by atoms with E-state index in [0.29, 0.717) is 5.56 Å². The molecular formula is C11H16O4. The molecule has 0 unspecified atom stereocenters. The Morgan fingerprint density at radius 3 is 2.00 bits per heavy atom. The van der Waals surface area contributed by atoms with E-state index in [0.717, 1.165) is 0 Å². The van der Waals surface area contributed by atoms with Crippen LogP contribution in [-0.4, -0.2) is 36.8 Å². The molecule has 0 heterocycles. The highest BCUT2D eigenvalue weighted by molar-refractivity contribution is 5.18. The normalized spacial score (nSPS) is 15.3. The molecule has 4 nitrogen and oxygen atoms in total. The van der Waals surface area contributed by atoms with Crippen LogP contribution in [0.3, 0.4) is 0 Å². The number of ether oxygens (including phenoxy) is 2. The van der Waals surface area contributed by atoms with Crippen LogP contribution in [0.25, 0.3) is 0 Å². The van der Waals surface area contributed by atoms with Crippen LogP contribution < -0.4 is 0 Å². The number of methoxy groups -OCH3 is 2. The van der Waals surface area contributed by atoms with Gasteiger partial charge < -0.3 is 19.7 Å². The van der Waals surface area contributed by atoms with Gasteiger partial charge in [-0.1, -0.05) is 30.3 Å². The van der Waals surface area contributed by atoms with Gasteiger partial charge in [-0.2, -0.15) is 0 Å². The molecule has 0 amide bonds. The van der Waals surface area contributed by atoms with Crippen LogP contribution in [-0.2, 0) is 9.47 Å². The maximum Gasteiger partial charge on any atom is 0.185 e. The van der Waals surface area contributed by atoms with Crippen LogP contribution >= 0.6 is 0 Å². The van der Waals surface area contributed by atoms with Gasteiger partial charge >= 0.3 is 0 Å². The van der Waals surface area contributed by atoms with Crippen LogP contribution in [0.5, 0.6) is 0 Å². The summed E-state index contributed by atoms with van der Waals surface area (Å²) in [6.07, 6.45) is -2.96. The average molecular weight is 212 g/mol. The first-order valence-corrected chi connectivity index (χ1v) is 4.67. The standard InChI is InChI=1S/C11H16O4/c1-14-11(15-2)10(13)9(12)8-6-4-3-5-7-8/h3-7,9-13H,1-2H3/t9-,10-/m1/s1. The number of rotatable bonds is 5. The third-order valence-corrected chi connectivity index (χ3v) is 2.21. The van der Waals surface area contributed by atoms with E-state index in [1.807, 2.05) is 6.07 Å². The third kappa shape index (κ3) is 3.00. The van der Waals surface area contributed by atoms with E-state index in [4.69, 9.17) is 9.47 Å². The molecule has 1 rings (SSSR count). The van der Waals surface area contributed by atoms with Crippen molar-refractivity contribution in [1.29, 1.82) is 0 Å². The summed E-state index contributed by atoms with van der Waals surface area (Å²) in [5, 5.41) is 19.5. The molecule has 15 heavy (non-hydrogen) atoms. The van der Waals surface area contributed by atoms with Gasteiger partial charge in [0.1, 0.15) is 12.2 Å². The minimum absolute atomic E-state index is 0.629. The minimum atomic E-state index is -1.11. The lowest BCUT2D eigenvalue weighted by atomic mass is 10.0. The van der Waals surface area contributed by atoms with Crippen molar-refractivity contribution in [3.63, 3.8) is 0 Å². The smallest absolute Gasteiger partial charge is 0.185 e. The fourth-order valence-corrected chi connectivity index (χ4v) is 1.37. The van der Waals surface area contributed by atoms with Crippen molar-refractivity contribution in [2.24, 2.45) is 0 Å². The summed E-state index contributed by atoms with van der Waals surface area (Å²) in [7, 11) is 2.82. The van der Waals surface area contributed by atoms with E-state index in [1.54, 1.807) is 24.3 Å². The molecule has 0 aromatic heterocycles. The molecule has 0 bridgehead atoms. The first kappa shape index (κ1) is 12.1. The van der Waals surface area contributed by atoms with Crippen LogP contribution in [0.2, 0.25) is 0 Å². The Kier molecular flexibility index (Phi) is 4.71. The molecular weight excluding hydrogens is 196 g/mol. The Balaban J connectivity index is 2.71. The predicted molar refractivity (Wildman–Crippen MR) is 55.2 cm³/mol. The second-order valence-electron chi connectivity index (χ2n) is 3.19. The monoisotopic (exact) mass is 212 g/mol. The highest BCUT2D eigenvalue weighted by Gasteiger charge is 2.27. The van der Waals surface area contributed by atoms with Crippen molar-refractivity contribution in [3.8, 4) is 0 Å². The van der Waals surface area contributed by atoms with Gasteiger partial charge in [0.15, 0.2) is 6.29 Å². The lowest BCUT2D eigenvalue weighted by molar-refractivity contribution is -0.191. The molecule has 2 atom stereocenters. The zero-order valence-corrected chi connectivity index (χ0v) is 8.83. The molecule has 0 saturated carbocycles. The Bertz CT molecular complexity index is 271. The van der Waals surface area contributed by atoms with Gasteiger partial charge in [0, 0.05) is 14.2 Å². The topological polar surface area (TPSA) is 58.9 Å². The summed E-state index contributed by atoms with van der Waals surface area (Å²) >= 11 is 0. The van der Waals surface area contributed by atoms with Crippen molar-refractivity contribution < 1.29 is 19.7 Å². The molecule has 4 heteroatoms. The number of aliphatic hydroxyl groups excluding tert-OH is 2. The zero-order chi connectivity index (χ0) is 11.3. The van der Waals surface area contributed by atoms with Gasteiger partial charge in [-0.05, 0) is 5.56 Å². The molecule has 0 aliphatic carbocycles. The molecule has 0 aliphatic heterocycles. The maximum atomic E-state index is 9.81. The molecule has 0 radical (unpaired) electrons. The maximum absolute atomic E-state index is 9.81. The second-order valence-corrected chi connectivity index (χ2v) is 3.19. The van der Waals surface area contributed by atoms with Crippen molar-refractivity contribution in [1.82, 2.24) is 0 Å². The Hall–Kier alpha value is -0.940. The first-order valence-electron chi connectivity index (χ1n) is 4.67. The Labute approximate surface area is 89.1 Å². The highest BCUT2D eigenvalue weighted by atomic mass is 16.7. The summed E-state index contributed by atoms with van der Waals surface area (Å²) in [5.74, 6) is 0. The number of aliphatic hydroxyl groups is 2. The molecule has 2 N–H and O–H groups in total. The van der Waals surface area contributed by atoms with E-state index in [2.05, 4.69) is 0 Å². The number of benzene rings is 1. The fourth-order valence-electron chi connectivity index (χ4n) is 1.37. The van der Waals surface area contributed by atoms with Gasteiger partial charge in [-0.25, -0.2) is 0 Å². The predicted octanol–water partition coefficient (Wildman–Crippen LogP) is 0.700. The quantitative estimate of drug-likeness (QED) is 0.705. The number of hydrogen-bond acceptors (Lipinski definition) is 4. The van der Waals surface area contributed by atoms with E-state index in [1.165, 1.54) is 14.2 Å². The summed E-state index contributed by atoms with van der Waals surface area (Å²) in [5.41, 5.74) is 0.629. The fraction of sp³-hybridized carbons (Fsp3) is 0.455. The van der Waals surface area contributed by atoms with Crippen molar-refractivity contribution >= 4 is 0 Å². The van der Waals surface area contributed by atoms with Crippen LogP contribution in [0.15, 0.2) is 30.3 Å². The van der Waals surface area contributed by atoms with Gasteiger partial charge in [0.25, 0.3) is 0 Å². The summed E-state index contributed by atoms with van der Waals surface area (Å²) < 4.78 is 9.74. The summed E-state index contributed by atoms with van der Waals surface area (Å²) in [4.78, 5) is 0. The van der Waals surface area contributed by atoms with E-state index in [-0.39, 0.29) is 0 Å². The number of hydrogen-bond donors (Lipinski definition) is 2. The molecule has 0 fully saturated rings. The largest absolute Gasteiger partial charge is 0.385 e. The van der Waals surface area contributed by atoms with Crippen LogP contribution in [0.1, 0.15) is 11.7 Å². The van der Waals surface area contributed by atoms with Gasteiger partial charge in [0.2, 0.25) is 0 Å². The lowest BCUT2D eigenvalue weighted by Gasteiger charge is -2.24. The molecule has 1 aromatic carbocycles. The van der Waals surface area contributed by atoms with Gasteiger partial charge in [-0.3, -0.25) is 0 Å². The van der Waals surface area contributed by atoms with Crippen molar-refractivity contribution in [2.45, 2.75) is 18.5 Å². The van der Waals surface area contributed by atoms with Crippen LogP contribution in [0, 0.1) is 0 Å². The molecule has 0 aliphatic rings. The third-order valence-electron chi connectivity index (χ3n) is 2.21. The summed E-state index contributed by atoms with van der Waals surface area (Å²) in [6, 6.07) is 8.89. The van der Waals surface area contributed by atoms with Gasteiger partial charge in [-0.15, -0.1) is 0 Å². The highest BCUT2D eigenvalue weighted by Crippen LogP contribution is 2.19. The first-order chi connectivity index (χ1) is 7.20. The Morgan fingerprint density at radius 1 is 1.00 bits per heavy atom. The molecule has 0 saturated heterocycles. The van der Waals surface area contributed by atoms with E-state index in [9.17, 15) is 10.2 Å². The average Bonchev–Trinajstić information content (AvgIpc) is 2.30. The molecule has 1 aromatic rings. The zero-order valence-electron chi connectivity index (χ0n) is 8.83. The van der Waals surface area contributed by atoms with Crippen LogP contribution in [0.4, 0.5) is 0 Å². The molecule has 0 spiro atoms.